The Bertz CT molecular complexity index is 1070. The standard InChI is InChI=1S/C27H29N3O2/c1-20-10-12-22(13-11-20)29-27(32)24-19-23(14-15-25(24)30-16-6-3-7-17-30)28-26(31)18-21-8-4-2-5-9-21/h2,4-5,8-15,19H,3,6-7,16-18H2,1H3,(H,28,31)(H,29,32). The summed E-state index contributed by atoms with van der Waals surface area (Å²) in [5.74, 6) is -0.277. The molecule has 1 fully saturated rings. The summed E-state index contributed by atoms with van der Waals surface area (Å²) in [7, 11) is 0. The summed E-state index contributed by atoms with van der Waals surface area (Å²) >= 11 is 0. The molecule has 5 nitrogen and oxygen atoms in total. The Morgan fingerprint density at radius 3 is 2.22 bits per heavy atom. The fourth-order valence-electron chi connectivity index (χ4n) is 4.03. The Morgan fingerprint density at radius 2 is 1.50 bits per heavy atom. The van der Waals surface area contributed by atoms with Gasteiger partial charge >= 0.3 is 0 Å². The van der Waals surface area contributed by atoms with Crippen molar-refractivity contribution in [3.63, 3.8) is 0 Å². The van der Waals surface area contributed by atoms with Crippen LogP contribution in [0.25, 0.3) is 0 Å². The van der Waals surface area contributed by atoms with Crippen molar-refractivity contribution in [3.05, 3.63) is 89.5 Å². The maximum atomic E-state index is 13.2. The number of piperidine rings is 1. The molecule has 1 heterocycles. The van der Waals surface area contributed by atoms with Crippen LogP contribution < -0.4 is 15.5 Å². The lowest BCUT2D eigenvalue weighted by atomic mass is 10.1. The van der Waals surface area contributed by atoms with Gasteiger partial charge in [-0.25, -0.2) is 0 Å². The van der Waals surface area contributed by atoms with Gasteiger partial charge in [-0.05, 0) is 62.1 Å². The molecule has 2 N–H and O–H groups in total. The molecule has 0 unspecified atom stereocenters. The van der Waals surface area contributed by atoms with Gasteiger partial charge in [-0.1, -0.05) is 48.0 Å². The molecule has 32 heavy (non-hydrogen) atoms. The van der Waals surface area contributed by atoms with Gasteiger partial charge in [0.15, 0.2) is 0 Å². The Hall–Kier alpha value is -3.60. The monoisotopic (exact) mass is 427 g/mol. The lowest BCUT2D eigenvalue weighted by Crippen LogP contribution is -2.31. The van der Waals surface area contributed by atoms with Gasteiger partial charge in [-0.3, -0.25) is 9.59 Å². The molecule has 2 amide bonds. The molecular formula is C27H29N3O2. The van der Waals surface area contributed by atoms with Gasteiger partial charge in [0.25, 0.3) is 5.91 Å². The number of carbonyl (C=O) groups excluding carboxylic acids is 2. The van der Waals surface area contributed by atoms with E-state index in [1.807, 2.05) is 73.7 Å². The number of anilines is 3. The van der Waals surface area contributed by atoms with Crippen molar-refractivity contribution in [2.45, 2.75) is 32.6 Å². The van der Waals surface area contributed by atoms with E-state index in [0.29, 0.717) is 17.7 Å². The number of aryl methyl sites for hydroxylation is 1. The van der Waals surface area contributed by atoms with Crippen LogP contribution in [0.15, 0.2) is 72.8 Å². The molecule has 0 aliphatic carbocycles. The molecule has 4 rings (SSSR count). The highest BCUT2D eigenvalue weighted by Gasteiger charge is 2.20. The van der Waals surface area contributed by atoms with Gasteiger partial charge in [0.05, 0.1) is 12.0 Å². The maximum Gasteiger partial charge on any atom is 0.257 e. The predicted octanol–water partition coefficient (Wildman–Crippen LogP) is 5.42. The van der Waals surface area contributed by atoms with Crippen LogP contribution in [0.1, 0.15) is 40.7 Å². The lowest BCUT2D eigenvalue weighted by molar-refractivity contribution is -0.115. The van der Waals surface area contributed by atoms with E-state index in [1.54, 1.807) is 6.07 Å². The van der Waals surface area contributed by atoms with E-state index in [2.05, 4.69) is 15.5 Å². The molecule has 0 saturated carbocycles. The molecule has 1 aliphatic rings. The van der Waals surface area contributed by atoms with Crippen molar-refractivity contribution in [1.29, 1.82) is 0 Å². The van der Waals surface area contributed by atoms with Gasteiger partial charge < -0.3 is 15.5 Å². The van der Waals surface area contributed by atoms with Crippen LogP contribution in [-0.4, -0.2) is 24.9 Å². The first-order valence-corrected chi connectivity index (χ1v) is 11.2. The summed E-state index contributed by atoms with van der Waals surface area (Å²) < 4.78 is 0. The van der Waals surface area contributed by atoms with Crippen molar-refractivity contribution < 1.29 is 9.59 Å². The number of benzene rings is 3. The summed E-state index contributed by atoms with van der Waals surface area (Å²) in [5, 5.41) is 5.96. The van der Waals surface area contributed by atoms with E-state index in [1.165, 1.54) is 6.42 Å². The van der Waals surface area contributed by atoms with Crippen molar-refractivity contribution >= 4 is 28.9 Å². The number of nitrogens with zero attached hydrogens (tertiary/aromatic N) is 1. The van der Waals surface area contributed by atoms with Crippen LogP contribution >= 0.6 is 0 Å². The van der Waals surface area contributed by atoms with Crippen molar-refractivity contribution in [1.82, 2.24) is 0 Å². The molecule has 164 valence electrons. The zero-order valence-corrected chi connectivity index (χ0v) is 18.4. The quantitative estimate of drug-likeness (QED) is 0.552. The fourth-order valence-corrected chi connectivity index (χ4v) is 4.03. The maximum absolute atomic E-state index is 13.2. The molecule has 0 atom stereocenters. The lowest BCUT2D eigenvalue weighted by Gasteiger charge is -2.30. The molecule has 0 aromatic heterocycles. The zero-order valence-electron chi connectivity index (χ0n) is 18.4. The Morgan fingerprint density at radius 1 is 0.812 bits per heavy atom. The Kier molecular flexibility index (Phi) is 6.85. The zero-order chi connectivity index (χ0) is 22.3. The molecule has 1 saturated heterocycles. The number of carbonyl (C=O) groups is 2. The van der Waals surface area contributed by atoms with Crippen LogP contribution in [0.3, 0.4) is 0 Å². The largest absolute Gasteiger partial charge is 0.371 e. The topological polar surface area (TPSA) is 61.4 Å². The molecular weight excluding hydrogens is 398 g/mol. The third-order valence-corrected chi connectivity index (χ3v) is 5.74. The second kappa shape index (κ2) is 10.1. The van der Waals surface area contributed by atoms with Crippen LogP contribution in [-0.2, 0) is 11.2 Å². The van der Waals surface area contributed by atoms with Gasteiger partial charge in [-0.2, -0.15) is 0 Å². The van der Waals surface area contributed by atoms with E-state index >= 15 is 0 Å². The first-order chi connectivity index (χ1) is 15.6. The van der Waals surface area contributed by atoms with E-state index in [9.17, 15) is 9.59 Å². The molecule has 0 spiro atoms. The average molecular weight is 428 g/mol. The smallest absolute Gasteiger partial charge is 0.257 e. The summed E-state index contributed by atoms with van der Waals surface area (Å²) in [6.45, 7) is 3.89. The summed E-state index contributed by atoms with van der Waals surface area (Å²) in [6, 6.07) is 23.0. The molecule has 3 aromatic carbocycles. The predicted molar refractivity (Wildman–Crippen MR) is 130 cm³/mol. The SMILES string of the molecule is Cc1ccc(NC(=O)c2cc(NC(=O)Cc3ccccc3)ccc2N2CCCCC2)cc1. The van der Waals surface area contributed by atoms with Gasteiger partial charge in [0.2, 0.25) is 5.91 Å². The normalized spacial score (nSPS) is 13.5. The number of amides is 2. The van der Waals surface area contributed by atoms with Gasteiger partial charge in [0.1, 0.15) is 0 Å². The molecule has 0 radical (unpaired) electrons. The number of rotatable bonds is 6. The van der Waals surface area contributed by atoms with Gasteiger partial charge in [0, 0.05) is 30.2 Å². The molecule has 0 bridgehead atoms. The second-order valence-electron chi connectivity index (χ2n) is 8.31. The Labute approximate surface area is 189 Å². The van der Waals surface area contributed by atoms with E-state index in [0.717, 1.165) is 48.4 Å². The minimum absolute atomic E-state index is 0.105. The van der Waals surface area contributed by atoms with E-state index in [-0.39, 0.29) is 11.8 Å². The third-order valence-electron chi connectivity index (χ3n) is 5.74. The number of hydrogen-bond donors (Lipinski definition) is 2. The van der Waals surface area contributed by atoms with Crippen molar-refractivity contribution in [2.24, 2.45) is 0 Å². The molecule has 5 heteroatoms. The van der Waals surface area contributed by atoms with Crippen LogP contribution in [0.5, 0.6) is 0 Å². The minimum atomic E-state index is -0.173. The second-order valence-corrected chi connectivity index (χ2v) is 8.31. The van der Waals surface area contributed by atoms with Crippen LogP contribution in [0.4, 0.5) is 17.1 Å². The first kappa shape index (κ1) is 21.6. The highest BCUT2D eigenvalue weighted by molar-refractivity contribution is 6.09. The number of hydrogen-bond acceptors (Lipinski definition) is 3. The Balaban J connectivity index is 1.56. The third kappa shape index (κ3) is 5.55. The van der Waals surface area contributed by atoms with Crippen LogP contribution in [0, 0.1) is 6.92 Å². The molecule has 1 aliphatic heterocycles. The van der Waals surface area contributed by atoms with Crippen LogP contribution in [0.2, 0.25) is 0 Å². The highest BCUT2D eigenvalue weighted by atomic mass is 16.2. The summed E-state index contributed by atoms with van der Waals surface area (Å²) in [4.78, 5) is 28.1. The summed E-state index contributed by atoms with van der Waals surface area (Å²) in [5.41, 5.74) is 4.96. The summed E-state index contributed by atoms with van der Waals surface area (Å²) in [6.07, 6.45) is 3.75. The minimum Gasteiger partial charge on any atom is -0.371 e. The number of nitrogens with one attached hydrogen (secondary N) is 2. The van der Waals surface area contributed by atoms with Gasteiger partial charge in [-0.15, -0.1) is 0 Å². The average Bonchev–Trinajstić information content (AvgIpc) is 2.81. The molecule has 3 aromatic rings. The van der Waals surface area contributed by atoms with E-state index in [4.69, 9.17) is 0 Å². The van der Waals surface area contributed by atoms with Crippen molar-refractivity contribution in [3.8, 4) is 0 Å². The van der Waals surface area contributed by atoms with Crippen molar-refractivity contribution in [2.75, 3.05) is 28.6 Å². The fraction of sp³-hybridized carbons (Fsp3) is 0.259. The first-order valence-electron chi connectivity index (χ1n) is 11.2. The van der Waals surface area contributed by atoms with E-state index < -0.39 is 0 Å². The highest BCUT2D eigenvalue weighted by Crippen LogP contribution is 2.28.